The second-order valence-electron chi connectivity index (χ2n) is 3.22. The van der Waals surface area contributed by atoms with Crippen LogP contribution >= 0.6 is 12.4 Å². The molecule has 0 spiro atoms. The first-order valence-corrected chi connectivity index (χ1v) is 3.69. The van der Waals surface area contributed by atoms with Crippen LogP contribution < -0.4 is 5.32 Å². The standard InChI is InChI=1S/C7H9NO3.ClH/c9-5-7(6(10)11)3-4(7)1-2-8-5;/h4H,1-3H2,(H,8,9)(H,10,11);1H. The molecule has 5 heteroatoms. The number of fused-ring (bicyclic) bond motifs is 1. The number of hydrogen-bond acceptors (Lipinski definition) is 2. The fraction of sp³-hybridized carbons (Fsp3) is 0.714. The largest absolute Gasteiger partial charge is 0.480 e. The molecule has 1 heterocycles. The molecule has 12 heavy (non-hydrogen) atoms. The highest BCUT2D eigenvalue weighted by Gasteiger charge is 2.67. The van der Waals surface area contributed by atoms with Crippen molar-refractivity contribution in [2.45, 2.75) is 12.8 Å². The van der Waals surface area contributed by atoms with Crippen LogP contribution in [0.4, 0.5) is 0 Å². The number of amides is 1. The first-order valence-electron chi connectivity index (χ1n) is 3.69. The molecule has 2 fully saturated rings. The number of rotatable bonds is 1. The van der Waals surface area contributed by atoms with Crippen molar-refractivity contribution < 1.29 is 14.7 Å². The average Bonchev–Trinajstić information content (AvgIpc) is 2.64. The van der Waals surface area contributed by atoms with Crippen LogP contribution in [0.2, 0.25) is 0 Å². The normalized spacial score (nSPS) is 37.3. The molecule has 1 aliphatic carbocycles. The van der Waals surface area contributed by atoms with Gasteiger partial charge in [-0.2, -0.15) is 0 Å². The van der Waals surface area contributed by atoms with Gasteiger partial charge in [-0.15, -0.1) is 12.4 Å². The molecular formula is C7H10ClNO3. The summed E-state index contributed by atoms with van der Waals surface area (Å²) in [5, 5.41) is 11.3. The topological polar surface area (TPSA) is 66.4 Å². The molecule has 2 atom stereocenters. The number of aliphatic carboxylic acids is 1. The Morgan fingerprint density at radius 3 is 2.75 bits per heavy atom. The first-order chi connectivity index (χ1) is 5.18. The summed E-state index contributed by atoms with van der Waals surface area (Å²) in [5.41, 5.74) is -1.03. The van der Waals surface area contributed by atoms with E-state index in [9.17, 15) is 9.59 Å². The Kier molecular flexibility index (Phi) is 2.04. The van der Waals surface area contributed by atoms with Crippen LogP contribution in [0, 0.1) is 11.3 Å². The van der Waals surface area contributed by atoms with Crippen molar-refractivity contribution in [1.29, 1.82) is 0 Å². The molecule has 4 nitrogen and oxygen atoms in total. The number of carbonyl (C=O) groups excluding carboxylic acids is 1. The molecule has 0 radical (unpaired) electrons. The Balaban J connectivity index is 0.000000720. The zero-order chi connectivity index (χ0) is 8.06. The SMILES string of the molecule is Cl.O=C(O)C12CC1CCNC2=O. The summed E-state index contributed by atoms with van der Waals surface area (Å²) in [7, 11) is 0. The number of nitrogens with one attached hydrogen (secondary N) is 1. The molecule has 0 aromatic rings. The highest BCUT2D eigenvalue weighted by Crippen LogP contribution is 2.56. The molecule has 0 bridgehead atoms. The summed E-state index contributed by atoms with van der Waals surface area (Å²) in [6.07, 6.45) is 1.35. The van der Waals surface area contributed by atoms with E-state index in [1.54, 1.807) is 0 Å². The lowest BCUT2D eigenvalue weighted by Gasteiger charge is -2.17. The average molecular weight is 192 g/mol. The highest BCUT2D eigenvalue weighted by molar-refractivity contribution is 6.06. The van der Waals surface area contributed by atoms with E-state index in [4.69, 9.17) is 5.11 Å². The number of piperidine rings is 1. The minimum absolute atomic E-state index is 0. The zero-order valence-electron chi connectivity index (χ0n) is 6.37. The predicted octanol–water partition coefficient (Wildman–Crippen LogP) is 0.0190. The lowest BCUT2D eigenvalue weighted by Crippen LogP contribution is -2.42. The summed E-state index contributed by atoms with van der Waals surface area (Å²) in [5.74, 6) is -1.14. The summed E-state index contributed by atoms with van der Waals surface area (Å²) in [6, 6.07) is 0. The van der Waals surface area contributed by atoms with E-state index in [1.165, 1.54) is 0 Å². The summed E-state index contributed by atoms with van der Waals surface area (Å²) >= 11 is 0. The van der Waals surface area contributed by atoms with Gasteiger partial charge in [0.1, 0.15) is 5.41 Å². The van der Waals surface area contributed by atoms with Crippen molar-refractivity contribution in [3.63, 3.8) is 0 Å². The van der Waals surface area contributed by atoms with Gasteiger partial charge in [-0.05, 0) is 18.8 Å². The van der Waals surface area contributed by atoms with Crippen molar-refractivity contribution in [1.82, 2.24) is 5.32 Å². The van der Waals surface area contributed by atoms with Crippen LogP contribution in [0.1, 0.15) is 12.8 Å². The maximum Gasteiger partial charge on any atom is 0.319 e. The molecule has 68 valence electrons. The van der Waals surface area contributed by atoms with Gasteiger partial charge in [0.05, 0.1) is 0 Å². The number of carbonyl (C=O) groups is 2. The minimum atomic E-state index is -1.03. The van der Waals surface area contributed by atoms with Crippen molar-refractivity contribution in [3.05, 3.63) is 0 Å². The Morgan fingerprint density at radius 1 is 1.67 bits per heavy atom. The molecule has 2 unspecified atom stereocenters. The molecule has 2 rings (SSSR count). The molecule has 1 amide bonds. The molecule has 2 aliphatic rings. The van der Waals surface area contributed by atoms with Crippen molar-refractivity contribution in [2.24, 2.45) is 11.3 Å². The number of hydrogen-bond donors (Lipinski definition) is 2. The maximum absolute atomic E-state index is 11.1. The van der Waals surface area contributed by atoms with Gasteiger partial charge < -0.3 is 10.4 Å². The van der Waals surface area contributed by atoms with E-state index >= 15 is 0 Å². The van der Waals surface area contributed by atoms with Gasteiger partial charge in [0.25, 0.3) is 0 Å². The van der Waals surface area contributed by atoms with Crippen LogP contribution in [0.15, 0.2) is 0 Å². The molecule has 0 aromatic heterocycles. The molecule has 1 saturated heterocycles. The van der Waals surface area contributed by atoms with E-state index in [0.717, 1.165) is 6.42 Å². The minimum Gasteiger partial charge on any atom is -0.480 e. The van der Waals surface area contributed by atoms with Crippen LogP contribution in [0.25, 0.3) is 0 Å². The van der Waals surface area contributed by atoms with E-state index < -0.39 is 11.4 Å². The molecular weight excluding hydrogens is 182 g/mol. The van der Waals surface area contributed by atoms with Crippen LogP contribution in [0.3, 0.4) is 0 Å². The van der Waals surface area contributed by atoms with Gasteiger partial charge in [0, 0.05) is 6.54 Å². The summed E-state index contributed by atoms with van der Waals surface area (Å²) in [6.45, 7) is 0.637. The maximum atomic E-state index is 11.1. The van der Waals surface area contributed by atoms with Crippen molar-refractivity contribution in [3.8, 4) is 0 Å². The van der Waals surface area contributed by atoms with Gasteiger partial charge in [-0.3, -0.25) is 9.59 Å². The third-order valence-electron chi connectivity index (χ3n) is 2.67. The fourth-order valence-corrected chi connectivity index (χ4v) is 1.83. The quantitative estimate of drug-likeness (QED) is 0.575. The van der Waals surface area contributed by atoms with Crippen molar-refractivity contribution in [2.75, 3.05) is 6.54 Å². The summed E-state index contributed by atoms with van der Waals surface area (Å²) in [4.78, 5) is 21.8. The van der Waals surface area contributed by atoms with Gasteiger partial charge in [0.2, 0.25) is 5.91 Å². The van der Waals surface area contributed by atoms with Gasteiger partial charge in [-0.25, -0.2) is 0 Å². The van der Waals surface area contributed by atoms with Gasteiger partial charge >= 0.3 is 5.97 Å². The molecule has 1 saturated carbocycles. The van der Waals surface area contributed by atoms with E-state index in [-0.39, 0.29) is 24.2 Å². The smallest absolute Gasteiger partial charge is 0.319 e. The first kappa shape index (κ1) is 9.32. The third kappa shape index (κ3) is 0.909. The van der Waals surface area contributed by atoms with E-state index in [2.05, 4.69) is 5.32 Å². The second kappa shape index (κ2) is 2.62. The molecule has 1 aliphatic heterocycles. The zero-order valence-corrected chi connectivity index (χ0v) is 7.19. The molecule has 2 N–H and O–H groups in total. The molecule has 0 aromatic carbocycles. The Bertz CT molecular complexity index is 243. The Hall–Kier alpha value is -0.770. The van der Waals surface area contributed by atoms with E-state index in [0.29, 0.717) is 13.0 Å². The van der Waals surface area contributed by atoms with Gasteiger partial charge in [0.15, 0.2) is 0 Å². The van der Waals surface area contributed by atoms with Crippen LogP contribution in [-0.4, -0.2) is 23.5 Å². The predicted molar refractivity (Wildman–Crippen MR) is 43.1 cm³/mol. The van der Waals surface area contributed by atoms with Crippen LogP contribution in [0.5, 0.6) is 0 Å². The van der Waals surface area contributed by atoms with Crippen molar-refractivity contribution >= 4 is 24.3 Å². The van der Waals surface area contributed by atoms with E-state index in [1.807, 2.05) is 0 Å². The summed E-state index contributed by atoms with van der Waals surface area (Å²) < 4.78 is 0. The van der Waals surface area contributed by atoms with Gasteiger partial charge in [-0.1, -0.05) is 0 Å². The number of carboxylic acid groups (broad SMARTS) is 1. The Morgan fingerprint density at radius 2 is 2.33 bits per heavy atom. The Labute approximate surface area is 75.7 Å². The third-order valence-corrected chi connectivity index (χ3v) is 2.67. The second-order valence-corrected chi connectivity index (χ2v) is 3.22. The lowest BCUT2D eigenvalue weighted by molar-refractivity contribution is -0.150. The monoisotopic (exact) mass is 191 g/mol. The number of carboxylic acids is 1. The fourth-order valence-electron chi connectivity index (χ4n) is 1.83. The number of halogens is 1. The lowest BCUT2D eigenvalue weighted by atomic mass is 9.98. The van der Waals surface area contributed by atoms with Crippen LogP contribution in [-0.2, 0) is 9.59 Å². The highest BCUT2D eigenvalue weighted by atomic mass is 35.5.